The number of carboxylic acid groups (broad SMARTS) is 1. The van der Waals surface area contributed by atoms with Crippen LogP contribution in [0.2, 0.25) is 0 Å². The van der Waals surface area contributed by atoms with Crippen molar-refractivity contribution in [3.63, 3.8) is 0 Å². The number of hydrogen-bond donors (Lipinski definition) is 4. The summed E-state index contributed by atoms with van der Waals surface area (Å²) < 4.78 is 5.05. The number of carbonyl (C=O) groups is 2. The standard InChI is InChI=1S/C15H21N3O4/c1-15(2,3)22-14(21)18-11(13(19)20)8-9-4-6-10(7-5-9)12(16)17/h4-7,11H,8H2,1-3H3,(H3,16,17)(H,18,21)(H,19,20). The Morgan fingerprint density at radius 3 is 2.27 bits per heavy atom. The van der Waals surface area contributed by atoms with E-state index in [1.807, 2.05) is 0 Å². The minimum Gasteiger partial charge on any atom is -0.480 e. The van der Waals surface area contributed by atoms with Gasteiger partial charge in [-0.1, -0.05) is 24.3 Å². The lowest BCUT2D eigenvalue weighted by Gasteiger charge is -2.22. The second kappa shape index (κ2) is 6.93. The summed E-state index contributed by atoms with van der Waals surface area (Å²) in [7, 11) is 0. The molecule has 0 radical (unpaired) electrons. The first kappa shape index (κ1) is 17.5. The molecule has 0 fully saturated rings. The number of amidine groups is 1. The molecule has 120 valence electrons. The fourth-order valence-electron chi connectivity index (χ4n) is 1.71. The van der Waals surface area contributed by atoms with E-state index in [-0.39, 0.29) is 12.3 Å². The monoisotopic (exact) mass is 307 g/mol. The van der Waals surface area contributed by atoms with Gasteiger partial charge in [0.15, 0.2) is 0 Å². The average Bonchev–Trinajstić information content (AvgIpc) is 2.36. The number of nitrogen functional groups attached to an aromatic ring is 1. The smallest absolute Gasteiger partial charge is 0.408 e. The summed E-state index contributed by atoms with van der Waals surface area (Å²) in [4.78, 5) is 22.9. The Balaban J connectivity index is 2.74. The van der Waals surface area contributed by atoms with Crippen molar-refractivity contribution in [1.29, 1.82) is 5.41 Å². The third kappa shape index (κ3) is 5.82. The zero-order valence-electron chi connectivity index (χ0n) is 12.8. The molecule has 7 nitrogen and oxygen atoms in total. The number of nitrogens with one attached hydrogen (secondary N) is 2. The maximum atomic E-state index is 11.7. The number of aliphatic carboxylic acids is 1. The van der Waals surface area contributed by atoms with Crippen LogP contribution in [0.15, 0.2) is 24.3 Å². The predicted molar refractivity (Wildman–Crippen MR) is 82.0 cm³/mol. The molecule has 1 amide bonds. The molecule has 0 aliphatic heterocycles. The molecule has 5 N–H and O–H groups in total. The summed E-state index contributed by atoms with van der Waals surface area (Å²) >= 11 is 0. The Labute approximate surface area is 129 Å². The molecule has 0 aromatic heterocycles. The number of alkyl carbamates (subject to hydrolysis) is 1. The van der Waals surface area contributed by atoms with Crippen LogP contribution in [-0.4, -0.2) is 34.6 Å². The SMILES string of the molecule is CC(C)(C)OC(=O)NC(Cc1ccc(C(=N)N)cc1)C(=O)O. The van der Waals surface area contributed by atoms with E-state index >= 15 is 0 Å². The summed E-state index contributed by atoms with van der Waals surface area (Å²) in [6, 6.07) is 5.50. The first-order valence-electron chi connectivity index (χ1n) is 6.74. The van der Waals surface area contributed by atoms with Gasteiger partial charge >= 0.3 is 12.1 Å². The van der Waals surface area contributed by atoms with Crippen molar-refractivity contribution in [2.75, 3.05) is 0 Å². The highest BCUT2D eigenvalue weighted by Crippen LogP contribution is 2.09. The van der Waals surface area contributed by atoms with Crippen molar-refractivity contribution in [2.24, 2.45) is 5.73 Å². The molecule has 1 rings (SSSR count). The fraction of sp³-hybridized carbons (Fsp3) is 0.400. The van der Waals surface area contributed by atoms with Gasteiger partial charge in [0, 0.05) is 12.0 Å². The number of rotatable bonds is 5. The first-order valence-corrected chi connectivity index (χ1v) is 6.74. The van der Waals surface area contributed by atoms with Crippen molar-refractivity contribution < 1.29 is 19.4 Å². The Morgan fingerprint density at radius 1 is 1.32 bits per heavy atom. The quantitative estimate of drug-likeness (QED) is 0.484. The van der Waals surface area contributed by atoms with E-state index in [2.05, 4.69) is 5.32 Å². The summed E-state index contributed by atoms with van der Waals surface area (Å²) in [5, 5.41) is 18.8. The second-order valence-corrected chi connectivity index (χ2v) is 5.85. The first-order chi connectivity index (χ1) is 10.1. The van der Waals surface area contributed by atoms with Gasteiger partial charge in [-0.05, 0) is 26.3 Å². The van der Waals surface area contributed by atoms with Crippen LogP contribution in [0.5, 0.6) is 0 Å². The van der Waals surface area contributed by atoms with Gasteiger partial charge in [0.05, 0.1) is 0 Å². The van der Waals surface area contributed by atoms with Crippen molar-refractivity contribution in [3.8, 4) is 0 Å². The minimum atomic E-state index is -1.15. The molecular weight excluding hydrogens is 286 g/mol. The number of amides is 1. The summed E-state index contributed by atoms with van der Waals surface area (Å²) in [6.07, 6.45) is -0.674. The molecule has 0 heterocycles. The largest absolute Gasteiger partial charge is 0.480 e. The van der Waals surface area contributed by atoms with Crippen LogP contribution in [0.4, 0.5) is 4.79 Å². The highest BCUT2D eigenvalue weighted by molar-refractivity contribution is 5.94. The normalized spacial score (nSPS) is 12.3. The number of nitrogens with two attached hydrogens (primary N) is 1. The van der Waals surface area contributed by atoms with E-state index in [1.54, 1.807) is 45.0 Å². The van der Waals surface area contributed by atoms with Gasteiger partial charge < -0.3 is 20.9 Å². The Hall–Kier alpha value is -2.57. The van der Waals surface area contributed by atoms with Crippen molar-refractivity contribution in [1.82, 2.24) is 5.32 Å². The lowest BCUT2D eigenvalue weighted by atomic mass is 10.0. The van der Waals surface area contributed by atoms with Crippen LogP contribution >= 0.6 is 0 Å². The van der Waals surface area contributed by atoms with Crippen LogP contribution in [0, 0.1) is 5.41 Å². The molecular formula is C15H21N3O4. The van der Waals surface area contributed by atoms with Gasteiger partial charge in [0.2, 0.25) is 0 Å². The highest BCUT2D eigenvalue weighted by atomic mass is 16.6. The van der Waals surface area contributed by atoms with E-state index < -0.39 is 23.7 Å². The maximum Gasteiger partial charge on any atom is 0.408 e. The molecule has 7 heteroatoms. The Kier molecular flexibility index (Phi) is 5.50. The molecule has 1 aromatic rings. The minimum absolute atomic E-state index is 0.0618. The average molecular weight is 307 g/mol. The summed E-state index contributed by atoms with van der Waals surface area (Å²) in [5.41, 5.74) is 5.91. The van der Waals surface area contributed by atoms with Crippen LogP contribution in [-0.2, 0) is 16.0 Å². The van der Waals surface area contributed by atoms with Crippen LogP contribution < -0.4 is 11.1 Å². The zero-order chi connectivity index (χ0) is 16.9. The van der Waals surface area contributed by atoms with Gasteiger partial charge in [0.1, 0.15) is 17.5 Å². The Bertz CT molecular complexity index is 561. The molecule has 0 aliphatic rings. The molecule has 1 aromatic carbocycles. The van der Waals surface area contributed by atoms with Crippen LogP contribution in [0.1, 0.15) is 31.9 Å². The van der Waals surface area contributed by atoms with E-state index in [0.29, 0.717) is 11.1 Å². The van der Waals surface area contributed by atoms with Crippen molar-refractivity contribution in [2.45, 2.75) is 38.8 Å². The summed E-state index contributed by atoms with van der Waals surface area (Å²) in [6.45, 7) is 5.09. The third-order valence-corrected chi connectivity index (χ3v) is 2.69. The van der Waals surface area contributed by atoms with Gasteiger partial charge in [-0.3, -0.25) is 5.41 Å². The fourth-order valence-corrected chi connectivity index (χ4v) is 1.71. The lowest BCUT2D eigenvalue weighted by molar-refractivity contribution is -0.139. The van der Waals surface area contributed by atoms with Crippen molar-refractivity contribution >= 4 is 17.9 Å². The van der Waals surface area contributed by atoms with E-state index in [0.717, 1.165) is 0 Å². The summed E-state index contributed by atoms with van der Waals surface area (Å²) in [5.74, 6) is -1.21. The maximum absolute atomic E-state index is 11.7. The van der Waals surface area contributed by atoms with Crippen LogP contribution in [0.25, 0.3) is 0 Å². The van der Waals surface area contributed by atoms with E-state index in [9.17, 15) is 14.7 Å². The number of hydrogen-bond acceptors (Lipinski definition) is 4. The molecule has 1 unspecified atom stereocenters. The van der Waals surface area contributed by atoms with Crippen molar-refractivity contribution in [3.05, 3.63) is 35.4 Å². The topological polar surface area (TPSA) is 126 Å². The Morgan fingerprint density at radius 2 is 1.86 bits per heavy atom. The molecule has 0 saturated carbocycles. The third-order valence-electron chi connectivity index (χ3n) is 2.69. The number of carboxylic acids is 1. The zero-order valence-corrected chi connectivity index (χ0v) is 12.8. The molecule has 0 bridgehead atoms. The number of carbonyl (C=O) groups excluding carboxylic acids is 1. The van der Waals surface area contributed by atoms with Crippen LogP contribution in [0.3, 0.4) is 0 Å². The number of benzene rings is 1. The van der Waals surface area contributed by atoms with Gasteiger partial charge in [-0.2, -0.15) is 0 Å². The van der Waals surface area contributed by atoms with Gasteiger partial charge in [-0.15, -0.1) is 0 Å². The highest BCUT2D eigenvalue weighted by Gasteiger charge is 2.24. The van der Waals surface area contributed by atoms with E-state index in [1.165, 1.54) is 0 Å². The lowest BCUT2D eigenvalue weighted by Crippen LogP contribution is -2.44. The second-order valence-electron chi connectivity index (χ2n) is 5.85. The van der Waals surface area contributed by atoms with Gasteiger partial charge in [-0.25, -0.2) is 9.59 Å². The van der Waals surface area contributed by atoms with E-state index in [4.69, 9.17) is 15.9 Å². The number of ether oxygens (including phenoxy) is 1. The molecule has 0 aliphatic carbocycles. The predicted octanol–water partition coefficient (Wildman–Crippen LogP) is 1.49. The molecule has 0 saturated heterocycles. The molecule has 0 spiro atoms. The molecule has 1 atom stereocenters. The van der Waals surface area contributed by atoms with Gasteiger partial charge in [0.25, 0.3) is 0 Å². The molecule has 22 heavy (non-hydrogen) atoms.